The second kappa shape index (κ2) is 7.92. The van der Waals surface area contributed by atoms with Gasteiger partial charge in [-0.3, -0.25) is 0 Å². The minimum absolute atomic E-state index is 0.261. The van der Waals surface area contributed by atoms with Crippen LogP contribution in [0.3, 0.4) is 0 Å². The third kappa shape index (κ3) is 4.87. The van der Waals surface area contributed by atoms with Crippen LogP contribution in [0.15, 0.2) is 53.4 Å². The number of thioether (sulfide) groups is 1. The average molecular weight is 291 g/mol. The standard InChI is InChI=1S/C16H18FNOS/c1-18-12-13-9-14(17)11-15(10-13)19-7-8-20-16-5-3-2-4-6-16/h2-6,9-11,18H,7-8,12H2,1H3. The molecule has 0 radical (unpaired) electrons. The maximum Gasteiger partial charge on any atom is 0.127 e. The van der Waals surface area contributed by atoms with Crippen molar-refractivity contribution in [2.45, 2.75) is 11.4 Å². The lowest BCUT2D eigenvalue weighted by Crippen LogP contribution is -2.06. The minimum atomic E-state index is -0.261. The Labute approximate surface area is 123 Å². The highest BCUT2D eigenvalue weighted by molar-refractivity contribution is 7.99. The van der Waals surface area contributed by atoms with E-state index < -0.39 is 0 Å². The highest BCUT2D eigenvalue weighted by Crippen LogP contribution is 2.19. The van der Waals surface area contributed by atoms with Gasteiger partial charge < -0.3 is 10.1 Å². The summed E-state index contributed by atoms with van der Waals surface area (Å²) in [7, 11) is 1.84. The van der Waals surface area contributed by atoms with Gasteiger partial charge in [0.25, 0.3) is 0 Å². The lowest BCUT2D eigenvalue weighted by molar-refractivity contribution is 0.341. The summed E-state index contributed by atoms with van der Waals surface area (Å²) in [5.74, 6) is 1.16. The van der Waals surface area contributed by atoms with Gasteiger partial charge in [0, 0.05) is 23.3 Å². The molecule has 0 aliphatic heterocycles. The first-order chi connectivity index (χ1) is 9.78. The molecule has 106 valence electrons. The first-order valence-electron chi connectivity index (χ1n) is 6.52. The zero-order chi connectivity index (χ0) is 14.2. The van der Waals surface area contributed by atoms with Gasteiger partial charge in [-0.15, -0.1) is 11.8 Å². The molecule has 0 atom stereocenters. The Morgan fingerprint density at radius 2 is 1.95 bits per heavy atom. The number of benzene rings is 2. The van der Waals surface area contributed by atoms with Crippen LogP contribution in [-0.2, 0) is 6.54 Å². The molecule has 1 N–H and O–H groups in total. The predicted molar refractivity (Wildman–Crippen MR) is 81.8 cm³/mol. The second-order valence-corrected chi connectivity index (χ2v) is 5.50. The fourth-order valence-corrected chi connectivity index (χ4v) is 2.60. The van der Waals surface area contributed by atoms with Crippen LogP contribution in [0.1, 0.15) is 5.56 Å². The Kier molecular flexibility index (Phi) is 5.89. The van der Waals surface area contributed by atoms with Gasteiger partial charge in [0.2, 0.25) is 0 Å². The molecule has 0 saturated heterocycles. The van der Waals surface area contributed by atoms with Crippen molar-refractivity contribution in [3.05, 3.63) is 59.9 Å². The van der Waals surface area contributed by atoms with E-state index in [0.717, 1.165) is 11.3 Å². The van der Waals surface area contributed by atoms with Crippen LogP contribution < -0.4 is 10.1 Å². The fraction of sp³-hybridized carbons (Fsp3) is 0.250. The van der Waals surface area contributed by atoms with E-state index in [2.05, 4.69) is 17.4 Å². The van der Waals surface area contributed by atoms with Crippen molar-refractivity contribution in [1.29, 1.82) is 0 Å². The van der Waals surface area contributed by atoms with Gasteiger partial charge in [-0.1, -0.05) is 18.2 Å². The van der Waals surface area contributed by atoms with E-state index in [4.69, 9.17) is 4.74 Å². The van der Waals surface area contributed by atoms with E-state index in [1.807, 2.05) is 31.3 Å². The van der Waals surface area contributed by atoms with Gasteiger partial charge in [-0.05, 0) is 36.9 Å². The highest BCUT2D eigenvalue weighted by Gasteiger charge is 2.02. The van der Waals surface area contributed by atoms with Gasteiger partial charge in [-0.25, -0.2) is 4.39 Å². The fourth-order valence-electron chi connectivity index (χ4n) is 1.85. The molecule has 0 aliphatic carbocycles. The van der Waals surface area contributed by atoms with Crippen LogP contribution in [0, 0.1) is 5.82 Å². The zero-order valence-corrected chi connectivity index (χ0v) is 12.3. The van der Waals surface area contributed by atoms with Crippen LogP contribution in [0.4, 0.5) is 4.39 Å². The van der Waals surface area contributed by atoms with Crippen molar-refractivity contribution in [3.63, 3.8) is 0 Å². The number of nitrogens with one attached hydrogen (secondary N) is 1. The Hall–Kier alpha value is -1.52. The third-order valence-corrected chi connectivity index (χ3v) is 3.65. The Balaban J connectivity index is 1.81. The Morgan fingerprint density at radius 3 is 2.70 bits per heavy atom. The maximum atomic E-state index is 13.4. The smallest absolute Gasteiger partial charge is 0.127 e. The monoisotopic (exact) mass is 291 g/mol. The number of hydrogen-bond acceptors (Lipinski definition) is 3. The van der Waals surface area contributed by atoms with Gasteiger partial charge in [0.05, 0.1) is 6.61 Å². The van der Waals surface area contributed by atoms with Crippen LogP contribution in [-0.4, -0.2) is 19.4 Å². The first-order valence-corrected chi connectivity index (χ1v) is 7.51. The topological polar surface area (TPSA) is 21.3 Å². The normalized spacial score (nSPS) is 10.5. The molecule has 0 amide bonds. The van der Waals surface area contributed by atoms with Crippen molar-refractivity contribution < 1.29 is 9.13 Å². The molecule has 20 heavy (non-hydrogen) atoms. The van der Waals surface area contributed by atoms with E-state index in [9.17, 15) is 4.39 Å². The van der Waals surface area contributed by atoms with E-state index in [0.29, 0.717) is 18.9 Å². The van der Waals surface area contributed by atoms with Gasteiger partial charge >= 0.3 is 0 Å². The second-order valence-electron chi connectivity index (χ2n) is 4.34. The predicted octanol–water partition coefficient (Wildman–Crippen LogP) is 3.72. The van der Waals surface area contributed by atoms with Crippen molar-refractivity contribution >= 4 is 11.8 Å². The van der Waals surface area contributed by atoms with Crippen LogP contribution >= 0.6 is 11.8 Å². The molecule has 0 aliphatic rings. The Morgan fingerprint density at radius 1 is 1.15 bits per heavy atom. The quantitative estimate of drug-likeness (QED) is 0.620. The lowest BCUT2D eigenvalue weighted by Gasteiger charge is -2.08. The minimum Gasteiger partial charge on any atom is -0.493 e. The summed E-state index contributed by atoms with van der Waals surface area (Å²) in [6.45, 7) is 1.19. The van der Waals surface area contributed by atoms with E-state index >= 15 is 0 Å². The molecule has 2 rings (SSSR count). The molecule has 0 saturated carbocycles. The summed E-state index contributed by atoms with van der Waals surface area (Å²) in [5.41, 5.74) is 0.887. The molecule has 0 heterocycles. The molecule has 4 heteroatoms. The molecule has 0 aromatic heterocycles. The summed E-state index contributed by atoms with van der Waals surface area (Å²) in [4.78, 5) is 1.21. The van der Waals surface area contributed by atoms with E-state index in [-0.39, 0.29) is 5.82 Å². The molecule has 0 fully saturated rings. The largest absolute Gasteiger partial charge is 0.493 e. The highest BCUT2D eigenvalue weighted by atomic mass is 32.2. The molecular weight excluding hydrogens is 273 g/mol. The molecule has 0 spiro atoms. The third-order valence-electron chi connectivity index (χ3n) is 2.68. The van der Waals surface area contributed by atoms with Crippen molar-refractivity contribution in [3.8, 4) is 5.75 Å². The van der Waals surface area contributed by atoms with Crippen LogP contribution in [0.25, 0.3) is 0 Å². The maximum absolute atomic E-state index is 13.4. The van der Waals surface area contributed by atoms with Crippen molar-refractivity contribution in [2.24, 2.45) is 0 Å². The lowest BCUT2D eigenvalue weighted by atomic mass is 10.2. The Bertz CT molecular complexity index is 533. The number of hydrogen-bond donors (Lipinski definition) is 1. The SMILES string of the molecule is CNCc1cc(F)cc(OCCSc2ccccc2)c1. The molecule has 0 unspecified atom stereocenters. The summed E-state index contributed by atoms with van der Waals surface area (Å²) in [5, 5.41) is 3.00. The first kappa shape index (κ1) is 14.9. The van der Waals surface area contributed by atoms with Crippen molar-refractivity contribution in [2.75, 3.05) is 19.4 Å². The van der Waals surface area contributed by atoms with E-state index in [1.54, 1.807) is 11.8 Å². The zero-order valence-electron chi connectivity index (χ0n) is 11.4. The average Bonchev–Trinajstić information content (AvgIpc) is 2.45. The van der Waals surface area contributed by atoms with Gasteiger partial charge in [0.15, 0.2) is 0 Å². The summed E-state index contributed by atoms with van der Waals surface area (Å²) < 4.78 is 19.0. The summed E-state index contributed by atoms with van der Waals surface area (Å²) in [6, 6.07) is 15.0. The van der Waals surface area contributed by atoms with Crippen LogP contribution in [0.2, 0.25) is 0 Å². The van der Waals surface area contributed by atoms with E-state index in [1.165, 1.54) is 17.0 Å². The van der Waals surface area contributed by atoms with Crippen molar-refractivity contribution in [1.82, 2.24) is 5.32 Å². The summed E-state index contributed by atoms with van der Waals surface area (Å²) >= 11 is 1.73. The van der Waals surface area contributed by atoms with Crippen LogP contribution in [0.5, 0.6) is 5.75 Å². The number of halogens is 1. The molecular formula is C16H18FNOS. The molecule has 2 aromatic rings. The van der Waals surface area contributed by atoms with Gasteiger partial charge in [0.1, 0.15) is 11.6 Å². The molecule has 2 nitrogen and oxygen atoms in total. The number of ether oxygens (including phenoxy) is 1. The number of rotatable bonds is 7. The molecule has 2 aromatic carbocycles. The molecule has 0 bridgehead atoms. The van der Waals surface area contributed by atoms with Gasteiger partial charge in [-0.2, -0.15) is 0 Å². The summed E-state index contributed by atoms with van der Waals surface area (Å²) in [6.07, 6.45) is 0.